The van der Waals surface area contributed by atoms with Crippen LogP contribution in [-0.4, -0.2) is 46.5 Å². The number of hydrogen-bond donors (Lipinski definition) is 1. The molecule has 36 heavy (non-hydrogen) atoms. The maximum Gasteiger partial charge on any atom is 0.261 e. The average Bonchev–Trinajstić information content (AvgIpc) is 3.09. The van der Waals surface area contributed by atoms with Crippen molar-refractivity contribution < 1.29 is 19.2 Å². The quantitative estimate of drug-likeness (QED) is 0.533. The number of likely N-dealkylation sites (tertiary alicyclic amines) is 1. The summed E-state index contributed by atoms with van der Waals surface area (Å²) in [6.07, 6.45) is 4.41. The molecule has 2 aliphatic heterocycles. The molecule has 4 amide bonds. The fraction of sp³-hybridized carbons (Fsp3) is 0.241. The highest BCUT2D eigenvalue weighted by atomic mass is 16.2. The Balaban J connectivity index is 1.19. The largest absolute Gasteiger partial charge is 0.339 e. The number of anilines is 1. The van der Waals surface area contributed by atoms with Gasteiger partial charge in [0.05, 0.1) is 17.7 Å². The van der Waals surface area contributed by atoms with Crippen LogP contribution in [0.15, 0.2) is 72.8 Å². The highest BCUT2D eigenvalue weighted by Crippen LogP contribution is 2.24. The summed E-state index contributed by atoms with van der Waals surface area (Å²) in [6.45, 7) is 1.72. The van der Waals surface area contributed by atoms with Gasteiger partial charge in [-0.05, 0) is 66.9 Å². The molecule has 0 saturated carbocycles. The van der Waals surface area contributed by atoms with Crippen LogP contribution >= 0.6 is 0 Å². The molecule has 2 aliphatic rings. The van der Waals surface area contributed by atoms with Crippen LogP contribution in [0.3, 0.4) is 0 Å². The van der Waals surface area contributed by atoms with Gasteiger partial charge in [0.2, 0.25) is 0 Å². The van der Waals surface area contributed by atoms with Gasteiger partial charge in [-0.2, -0.15) is 0 Å². The number of hydrogen-bond acceptors (Lipinski definition) is 4. The lowest BCUT2D eigenvalue weighted by Crippen LogP contribution is -2.31. The first-order chi connectivity index (χ1) is 17.5. The Morgan fingerprint density at radius 2 is 1.25 bits per heavy atom. The number of benzene rings is 3. The van der Waals surface area contributed by atoms with Crippen LogP contribution in [-0.2, 0) is 6.54 Å². The molecule has 0 radical (unpaired) electrons. The number of amides is 4. The van der Waals surface area contributed by atoms with Crippen LogP contribution in [0, 0.1) is 0 Å². The zero-order valence-corrected chi connectivity index (χ0v) is 19.9. The van der Waals surface area contributed by atoms with Crippen LogP contribution in [0.1, 0.15) is 72.7 Å². The molecule has 1 saturated heterocycles. The Morgan fingerprint density at radius 3 is 1.83 bits per heavy atom. The van der Waals surface area contributed by atoms with Gasteiger partial charge in [-0.25, -0.2) is 0 Å². The fourth-order valence-electron chi connectivity index (χ4n) is 4.68. The summed E-state index contributed by atoms with van der Waals surface area (Å²) in [6, 6.07) is 20.6. The van der Waals surface area contributed by atoms with Crippen LogP contribution < -0.4 is 5.32 Å². The first kappa shape index (κ1) is 23.5. The average molecular weight is 482 g/mol. The van der Waals surface area contributed by atoms with E-state index in [1.54, 1.807) is 72.8 Å². The third-order valence-electron chi connectivity index (χ3n) is 6.72. The molecule has 7 heteroatoms. The van der Waals surface area contributed by atoms with E-state index in [9.17, 15) is 19.2 Å². The van der Waals surface area contributed by atoms with Gasteiger partial charge in [-0.1, -0.05) is 37.1 Å². The predicted molar refractivity (Wildman–Crippen MR) is 136 cm³/mol. The zero-order valence-electron chi connectivity index (χ0n) is 19.9. The summed E-state index contributed by atoms with van der Waals surface area (Å²) in [5.74, 6) is -0.873. The standard InChI is InChI=1S/C29H27N3O4/c33-26(30-23-15-13-22(14-16-23)27(34)31-17-5-1-2-6-18-31)21-11-9-20(10-12-21)19-32-28(35)24-7-3-4-8-25(24)29(32)36/h3-4,7-16H,1-2,5-6,17-19H2,(H,30,33). The normalized spacial score (nSPS) is 15.4. The molecule has 7 nitrogen and oxygen atoms in total. The minimum atomic E-state index is -0.310. The molecule has 182 valence electrons. The van der Waals surface area contributed by atoms with Crippen molar-refractivity contribution in [3.8, 4) is 0 Å². The zero-order chi connectivity index (χ0) is 25.1. The molecule has 0 spiro atoms. The van der Waals surface area contributed by atoms with E-state index in [2.05, 4.69) is 5.32 Å². The van der Waals surface area contributed by atoms with Gasteiger partial charge in [0.15, 0.2) is 0 Å². The summed E-state index contributed by atoms with van der Waals surface area (Å²) in [5.41, 5.74) is 3.24. The summed E-state index contributed by atoms with van der Waals surface area (Å²) in [5, 5.41) is 2.85. The third kappa shape index (κ3) is 4.77. The summed E-state index contributed by atoms with van der Waals surface area (Å²) >= 11 is 0. The van der Waals surface area contributed by atoms with E-state index < -0.39 is 0 Å². The second kappa shape index (κ2) is 10.2. The van der Waals surface area contributed by atoms with Gasteiger partial charge in [0.1, 0.15) is 0 Å². The van der Waals surface area contributed by atoms with Gasteiger partial charge in [0.25, 0.3) is 23.6 Å². The van der Waals surface area contributed by atoms with Crippen LogP contribution in [0.4, 0.5) is 5.69 Å². The number of nitrogens with zero attached hydrogens (tertiary/aromatic N) is 2. The second-order valence-corrected chi connectivity index (χ2v) is 9.18. The smallest absolute Gasteiger partial charge is 0.261 e. The monoisotopic (exact) mass is 481 g/mol. The summed E-state index contributed by atoms with van der Waals surface area (Å²) in [7, 11) is 0. The predicted octanol–water partition coefficient (Wildman–Crippen LogP) is 4.75. The van der Waals surface area contributed by atoms with Crippen LogP contribution in [0.25, 0.3) is 0 Å². The topological polar surface area (TPSA) is 86.8 Å². The summed E-state index contributed by atoms with van der Waals surface area (Å²) in [4.78, 5) is 53.8. The molecule has 1 N–H and O–H groups in total. The van der Waals surface area contributed by atoms with E-state index in [1.165, 1.54) is 17.7 Å². The molecule has 3 aromatic rings. The Bertz CT molecular complexity index is 1270. The number of imide groups is 1. The molecule has 3 aromatic carbocycles. The van der Waals surface area contributed by atoms with Gasteiger partial charge >= 0.3 is 0 Å². The number of nitrogens with one attached hydrogen (secondary N) is 1. The van der Waals surface area contributed by atoms with E-state index in [4.69, 9.17) is 0 Å². The molecule has 0 bridgehead atoms. The molecular weight excluding hydrogens is 454 g/mol. The van der Waals surface area contributed by atoms with Crippen molar-refractivity contribution in [1.82, 2.24) is 9.80 Å². The SMILES string of the molecule is O=C(Nc1ccc(C(=O)N2CCCCCC2)cc1)c1ccc(CN2C(=O)c3ccccc3C2=O)cc1. The van der Waals surface area contributed by atoms with Gasteiger partial charge in [-0.15, -0.1) is 0 Å². The molecule has 0 aromatic heterocycles. The van der Waals surface area contributed by atoms with E-state index in [-0.39, 0.29) is 30.2 Å². The Hall–Kier alpha value is -4.26. The Kier molecular flexibility index (Phi) is 6.62. The van der Waals surface area contributed by atoms with E-state index in [1.807, 2.05) is 4.90 Å². The number of rotatable bonds is 5. The Labute approximate surface area is 209 Å². The van der Waals surface area contributed by atoms with Gasteiger partial charge in [0, 0.05) is 29.9 Å². The molecular formula is C29H27N3O4. The number of carbonyl (C=O) groups is 4. The third-order valence-corrected chi connectivity index (χ3v) is 6.72. The molecule has 0 atom stereocenters. The Morgan fingerprint density at radius 1 is 0.694 bits per heavy atom. The highest BCUT2D eigenvalue weighted by molar-refractivity contribution is 6.21. The van der Waals surface area contributed by atoms with Gasteiger partial charge in [-0.3, -0.25) is 24.1 Å². The van der Waals surface area contributed by atoms with E-state index >= 15 is 0 Å². The molecule has 2 heterocycles. The maximum absolute atomic E-state index is 12.8. The van der Waals surface area contributed by atoms with Crippen LogP contribution in [0.2, 0.25) is 0 Å². The molecule has 5 rings (SSSR count). The van der Waals surface area contributed by atoms with E-state index in [0.29, 0.717) is 27.9 Å². The van der Waals surface area contributed by atoms with Crippen molar-refractivity contribution >= 4 is 29.3 Å². The number of fused-ring (bicyclic) bond motifs is 1. The van der Waals surface area contributed by atoms with Crippen molar-refractivity contribution in [3.63, 3.8) is 0 Å². The van der Waals surface area contributed by atoms with Crippen molar-refractivity contribution in [3.05, 3.63) is 101 Å². The van der Waals surface area contributed by atoms with Crippen molar-refractivity contribution in [2.24, 2.45) is 0 Å². The lowest BCUT2D eigenvalue weighted by atomic mass is 10.1. The first-order valence-corrected chi connectivity index (χ1v) is 12.3. The molecule has 1 fully saturated rings. The maximum atomic E-state index is 12.8. The minimum absolute atomic E-state index is 0.0310. The van der Waals surface area contributed by atoms with Crippen molar-refractivity contribution in [2.75, 3.05) is 18.4 Å². The minimum Gasteiger partial charge on any atom is -0.339 e. The second-order valence-electron chi connectivity index (χ2n) is 9.18. The van der Waals surface area contributed by atoms with Crippen LogP contribution in [0.5, 0.6) is 0 Å². The van der Waals surface area contributed by atoms with Crippen molar-refractivity contribution in [1.29, 1.82) is 0 Å². The summed E-state index contributed by atoms with van der Waals surface area (Å²) < 4.78 is 0. The molecule has 0 unspecified atom stereocenters. The first-order valence-electron chi connectivity index (χ1n) is 12.3. The lowest BCUT2D eigenvalue weighted by Gasteiger charge is -2.20. The fourth-order valence-corrected chi connectivity index (χ4v) is 4.68. The highest BCUT2D eigenvalue weighted by Gasteiger charge is 2.34. The van der Waals surface area contributed by atoms with E-state index in [0.717, 1.165) is 31.5 Å². The number of carbonyl (C=O) groups excluding carboxylic acids is 4. The van der Waals surface area contributed by atoms with Gasteiger partial charge < -0.3 is 10.2 Å². The molecule has 0 aliphatic carbocycles. The van der Waals surface area contributed by atoms with Crippen molar-refractivity contribution in [2.45, 2.75) is 32.2 Å². The lowest BCUT2D eigenvalue weighted by molar-refractivity contribution is 0.0641.